The summed E-state index contributed by atoms with van der Waals surface area (Å²) in [7, 11) is 0. The first-order valence-electron chi connectivity index (χ1n) is 7.55. The topological polar surface area (TPSA) is 101 Å². The second kappa shape index (κ2) is 6.78. The van der Waals surface area contributed by atoms with Crippen molar-refractivity contribution in [3.63, 3.8) is 0 Å². The van der Waals surface area contributed by atoms with E-state index in [0.717, 1.165) is 0 Å². The molecule has 0 radical (unpaired) electrons. The van der Waals surface area contributed by atoms with Gasteiger partial charge in [0.2, 0.25) is 5.88 Å². The summed E-state index contributed by atoms with van der Waals surface area (Å²) in [5.74, 6) is 0.262. The Hall–Kier alpha value is -1.31. The van der Waals surface area contributed by atoms with E-state index < -0.39 is 17.6 Å². The summed E-state index contributed by atoms with van der Waals surface area (Å²) < 4.78 is 5.65. The molecule has 1 fully saturated rings. The number of nitrogens with zero attached hydrogens (tertiary/aromatic N) is 2. The highest BCUT2D eigenvalue weighted by atomic mass is 35.5. The Morgan fingerprint density at radius 2 is 1.64 bits per heavy atom. The van der Waals surface area contributed by atoms with Crippen molar-refractivity contribution in [2.75, 3.05) is 5.73 Å². The van der Waals surface area contributed by atoms with Crippen molar-refractivity contribution in [2.45, 2.75) is 37.4 Å². The van der Waals surface area contributed by atoms with Crippen LogP contribution in [0.1, 0.15) is 25.3 Å². The van der Waals surface area contributed by atoms with Crippen LogP contribution in [0.15, 0.2) is 18.2 Å². The van der Waals surface area contributed by atoms with E-state index in [9.17, 15) is 10.2 Å². The number of aromatic nitrogens is 2. The molecule has 2 atom stereocenters. The van der Waals surface area contributed by atoms with Crippen LogP contribution in [0.4, 0.5) is 5.69 Å². The van der Waals surface area contributed by atoms with Crippen LogP contribution in [0.25, 0.3) is 0 Å². The number of aliphatic hydroxyl groups is 2. The van der Waals surface area contributed by atoms with Crippen LogP contribution < -0.4 is 10.5 Å². The molecule has 9 heteroatoms. The maximum atomic E-state index is 10.3. The number of hydrogen-bond acceptors (Lipinski definition) is 6. The van der Waals surface area contributed by atoms with Crippen LogP contribution in [0.3, 0.4) is 0 Å². The highest BCUT2D eigenvalue weighted by Crippen LogP contribution is 2.45. The number of hydrogen-bond donors (Lipinski definition) is 3. The van der Waals surface area contributed by atoms with Gasteiger partial charge in [-0.1, -0.05) is 41.7 Å². The van der Waals surface area contributed by atoms with Gasteiger partial charge in [0, 0.05) is 22.7 Å². The molecule has 0 saturated heterocycles. The lowest BCUT2D eigenvalue weighted by molar-refractivity contribution is 0.0452. The first-order chi connectivity index (χ1) is 11.7. The van der Waals surface area contributed by atoms with E-state index in [0.29, 0.717) is 24.1 Å². The first-order valence-corrected chi connectivity index (χ1v) is 8.69. The van der Waals surface area contributed by atoms with E-state index in [1.165, 1.54) is 18.2 Å². The minimum atomic E-state index is -0.972. The van der Waals surface area contributed by atoms with E-state index in [2.05, 4.69) is 10.2 Å². The summed E-state index contributed by atoms with van der Waals surface area (Å²) in [6.07, 6.45) is -0.606. The molecule has 25 heavy (non-hydrogen) atoms. The van der Waals surface area contributed by atoms with Gasteiger partial charge < -0.3 is 20.7 Å². The standard InChI is InChI=1S/C16H16Cl3N3O3/c1-16(11(23)2-3-12(16)24)8-6-13(21-22-15(8)19)25-14-9(17)4-7(20)5-10(14)18/h4-6,11-12,23-24H,2-3,20H2,1H3. The van der Waals surface area contributed by atoms with Gasteiger partial charge in [-0.15, -0.1) is 10.2 Å². The van der Waals surface area contributed by atoms with E-state index in [1.54, 1.807) is 6.92 Å². The molecule has 0 amide bonds. The van der Waals surface area contributed by atoms with Crippen molar-refractivity contribution >= 4 is 40.5 Å². The van der Waals surface area contributed by atoms with Crippen molar-refractivity contribution in [1.82, 2.24) is 10.2 Å². The molecule has 1 heterocycles. The third-order valence-electron chi connectivity index (χ3n) is 4.63. The summed E-state index contributed by atoms with van der Waals surface area (Å²) in [5, 5.41) is 28.9. The fourth-order valence-electron chi connectivity index (χ4n) is 3.06. The molecular formula is C16H16Cl3N3O3. The molecule has 0 bridgehead atoms. The molecule has 3 rings (SSSR count). The minimum Gasteiger partial charge on any atom is -0.434 e. The molecule has 1 aliphatic carbocycles. The van der Waals surface area contributed by atoms with Gasteiger partial charge in [-0.05, 0) is 25.0 Å². The Bertz CT molecular complexity index is 785. The second-order valence-electron chi connectivity index (χ2n) is 6.19. The maximum absolute atomic E-state index is 10.3. The third kappa shape index (κ3) is 3.25. The lowest BCUT2D eigenvalue weighted by Gasteiger charge is -2.32. The Balaban J connectivity index is 2.01. The molecule has 1 saturated carbocycles. The van der Waals surface area contributed by atoms with Crippen LogP contribution in [0.2, 0.25) is 15.2 Å². The highest BCUT2D eigenvalue weighted by molar-refractivity contribution is 6.37. The van der Waals surface area contributed by atoms with Crippen LogP contribution in [-0.2, 0) is 5.41 Å². The fraction of sp³-hybridized carbons (Fsp3) is 0.375. The van der Waals surface area contributed by atoms with E-state index >= 15 is 0 Å². The van der Waals surface area contributed by atoms with Crippen molar-refractivity contribution in [2.24, 2.45) is 0 Å². The predicted molar refractivity (Wildman–Crippen MR) is 96.6 cm³/mol. The number of halogens is 3. The molecule has 134 valence electrons. The van der Waals surface area contributed by atoms with Gasteiger partial charge in [-0.2, -0.15) is 0 Å². The number of ether oxygens (including phenoxy) is 1. The quantitative estimate of drug-likeness (QED) is 0.676. The molecule has 2 aromatic rings. The molecule has 0 spiro atoms. The van der Waals surface area contributed by atoms with Gasteiger partial charge in [0.25, 0.3) is 0 Å². The number of nitrogen functional groups attached to an aromatic ring is 1. The Kier molecular flexibility index (Phi) is 5.01. The Labute approximate surface area is 159 Å². The monoisotopic (exact) mass is 403 g/mol. The number of nitrogens with two attached hydrogens (primary N) is 1. The highest BCUT2D eigenvalue weighted by Gasteiger charge is 2.48. The molecule has 1 aromatic heterocycles. The van der Waals surface area contributed by atoms with Gasteiger partial charge in [-0.3, -0.25) is 0 Å². The molecule has 6 nitrogen and oxygen atoms in total. The lowest BCUT2D eigenvalue weighted by Crippen LogP contribution is -2.40. The second-order valence-corrected chi connectivity index (χ2v) is 7.37. The van der Waals surface area contributed by atoms with Gasteiger partial charge in [0.15, 0.2) is 10.9 Å². The predicted octanol–water partition coefficient (Wildman–Crippen LogP) is 3.58. The Morgan fingerprint density at radius 1 is 1.08 bits per heavy atom. The summed E-state index contributed by atoms with van der Waals surface area (Å²) >= 11 is 18.4. The number of aliphatic hydroxyl groups excluding tert-OH is 2. The summed E-state index contributed by atoms with van der Waals surface area (Å²) in [4.78, 5) is 0. The van der Waals surface area contributed by atoms with E-state index in [1.807, 2.05) is 0 Å². The third-order valence-corrected chi connectivity index (χ3v) is 5.47. The molecule has 1 aromatic carbocycles. The van der Waals surface area contributed by atoms with E-state index in [-0.39, 0.29) is 26.8 Å². The largest absolute Gasteiger partial charge is 0.434 e. The number of benzene rings is 1. The summed E-state index contributed by atoms with van der Waals surface area (Å²) in [6, 6.07) is 4.52. The molecule has 0 aliphatic heterocycles. The smallest absolute Gasteiger partial charge is 0.239 e. The zero-order valence-corrected chi connectivity index (χ0v) is 15.5. The van der Waals surface area contributed by atoms with Gasteiger partial charge in [-0.25, -0.2) is 0 Å². The average molecular weight is 405 g/mol. The molecule has 4 N–H and O–H groups in total. The van der Waals surface area contributed by atoms with Crippen LogP contribution in [0, 0.1) is 0 Å². The van der Waals surface area contributed by atoms with Crippen molar-refractivity contribution in [3.8, 4) is 11.6 Å². The summed E-state index contributed by atoms with van der Waals surface area (Å²) in [6.45, 7) is 1.73. The normalized spacial score (nSPS) is 26.0. The Morgan fingerprint density at radius 3 is 2.20 bits per heavy atom. The van der Waals surface area contributed by atoms with Crippen molar-refractivity contribution in [3.05, 3.63) is 39.0 Å². The van der Waals surface area contributed by atoms with Gasteiger partial charge >= 0.3 is 0 Å². The van der Waals surface area contributed by atoms with Crippen LogP contribution in [-0.4, -0.2) is 32.6 Å². The van der Waals surface area contributed by atoms with Crippen LogP contribution in [0.5, 0.6) is 11.6 Å². The van der Waals surface area contributed by atoms with Crippen LogP contribution >= 0.6 is 34.8 Å². The fourth-order valence-corrected chi connectivity index (χ4v) is 3.94. The number of rotatable bonds is 3. The van der Waals surface area contributed by atoms with Crippen molar-refractivity contribution in [1.29, 1.82) is 0 Å². The lowest BCUT2D eigenvalue weighted by atomic mass is 9.78. The maximum Gasteiger partial charge on any atom is 0.239 e. The zero-order chi connectivity index (χ0) is 18.4. The summed E-state index contributed by atoms with van der Waals surface area (Å²) in [5.41, 5.74) is 5.54. The zero-order valence-electron chi connectivity index (χ0n) is 13.2. The molecule has 2 unspecified atom stereocenters. The minimum absolute atomic E-state index is 0.0838. The number of anilines is 1. The SMILES string of the molecule is CC1(c2cc(Oc3c(Cl)cc(N)cc3Cl)nnc2Cl)C(O)CCC1O. The van der Waals surface area contributed by atoms with Gasteiger partial charge in [0.1, 0.15) is 0 Å². The average Bonchev–Trinajstić information content (AvgIpc) is 2.80. The van der Waals surface area contributed by atoms with Gasteiger partial charge in [0.05, 0.1) is 22.3 Å². The van der Waals surface area contributed by atoms with E-state index in [4.69, 9.17) is 45.3 Å². The van der Waals surface area contributed by atoms with Crippen molar-refractivity contribution < 1.29 is 14.9 Å². The molecular weight excluding hydrogens is 389 g/mol. The first kappa shape index (κ1) is 18.5. The molecule has 1 aliphatic rings.